The number of rotatable bonds is 5. The van der Waals surface area contributed by atoms with Gasteiger partial charge in [0, 0.05) is 24.9 Å². The normalized spacial score (nSPS) is 21.0. The van der Waals surface area contributed by atoms with Crippen LogP contribution in [0.4, 0.5) is 0 Å². The molecule has 0 radical (unpaired) electrons. The van der Waals surface area contributed by atoms with Gasteiger partial charge >= 0.3 is 5.97 Å². The smallest absolute Gasteiger partial charge is 0.306 e. The van der Waals surface area contributed by atoms with Crippen molar-refractivity contribution in [3.63, 3.8) is 0 Å². The molecule has 1 aliphatic carbocycles. The number of fused-ring (bicyclic) bond motifs is 1. The molecule has 0 spiro atoms. The molecule has 0 unspecified atom stereocenters. The summed E-state index contributed by atoms with van der Waals surface area (Å²) in [5.74, 6) is 0.400. The van der Waals surface area contributed by atoms with Crippen molar-refractivity contribution in [1.82, 2.24) is 19.6 Å². The monoisotopic (exact) mass is 318 g/mol. The van der Waals surface area contributed by atoms with E-state index in [1.165, 1.54) is 6.33 Å². The van der Waals surface area contributed by atoms with E-state index >= 15 is 0 Å². The number of hydrogen-bond donors (Lipinski definition) is 0. The van der Waals surface area contributed by atoms with Gasteiger partial charge in [-0.25, -0.2) is 9.50 Å². The third kappa shape index (κ3) is 3.19. The largest absolute Gasteiger partial charge is 0.460 e. The van der Waals surface area contributed by atoms with Crippen LogP contribution < -0.4 is 0 Å². The zero-order valence-electron chi connectivity index (χ0n) is 13.8. The number of aryl methyl sites for hydroxylation is 2. The lowest BCUT2D eigenvalue weighted by Crippen LogP contribution is -2.27. The zero-order valence-corrected chi connectivity index (χ0v) is 13.8. The number of nitrogens with zero attached hydrogens (tertiary/aromatic N) is 4. The third-order valence-electron chi connectivity index (χ3n) is 4.55. The summed E-state index contributed by atoms with van der Waals surface area (Å²) in [6.45, 7) is 3.90. The molecule has 23 heavy (non-hydrogen) atoms. The molecule has 1 fully saturated rings. The first kappa shape index (κ1) is 15.9. The first-order chi connectivity index (χ1) is 11.1. The van der Waals surface area contributed by atoms with Crippen LogP contribution in [0.15, 0.2) is 6.33 Å². The first-order valence-electron chi connectivity index (χ1n) is 7.98. The number of carbonyl (C=O) groups is 1. The molecule has 2 atom stereocenters. The molecule has 1 aliphatic rings. The van der Waals surface area contributed by atoms with Crippen LogP contribution in [0.5, 0.6) is 0 Å². The number of aromatic nitrogens is 4. The molecule has 0 saturated heterocycles. The van der Waals surface area contributed by atoms with E-state index in [1.807, 2.05) is 13.8 Å². The molecule has 7 nitrogen and oxygen atoms in total. The highest BCUT2D eigenvalue weighted by Crippen LogP contribution is 2.25. The standard InChI is InChI=1S/C16H22N4O3/c1-10-12(11(2)20-16(19-10)17-9-18-20)7-8-15(21)23-14-6-4-5-13(14)22-3/h9,13-14H,4-8H2,1-3H3/t13-,14+/m1/s1. The van der Waals surface area contributed by atoms with E-state index in [4.69, 9.17) is 9.47 Å². The molecule has 0 aliphatic heterocycles. The molecular formula is C16H22N4O3. The van der Waals surface area contributed by atoms with Crippen molar-refractivity contribution in [3.8, 4) is 0 Å². The second kappa shape index (κ2) is 6.62. The van der Waals surface area contributed by atoms with Crippen molar-refractivity contribution in [3.05, 3.63) is 23.3 Å². The van der Waals surface area contributed by atoms with Gasteiger partial charge in [0.05, 0.1) is 6.10 Å². The van der Waals surface area contributed by atoms with Crippen LogP contribution in [0.1, 0.15) is 42.6 Å². The third-order valence-corrected chi connectivity index (χ3v) is 4.55. The van der Waals surface area contributed by atoms with Crippen LogP contribution in [0.3, 0.4) is 0 Å². The van der Waals surface area contributed by atoms with E-state index in [1.54, 1.807) is 11.6 Å². The topological polar surface area (TPSA) is 78.6 Å². The maximum Gasteiger partial charge on any atom is 0.306 e. The van der Waals surface area contributed by atoms with Gasteiger partial charge in [0.15, 0.2) is 0 Å². The Bertz CT molecular complexity index is 713. The van der Waals surface area contributed by atoms with Crippen molar-refractivity contribution in [2.45, 2.75) is 58.2 Å². The first-order valence-corrected chi connectivity index (χ1v) is 7.98. The average molecular weight is 318 g/mol. The van der Waals surface area contributed by atoms with Crippen molar-refractivity contribution in [2.24, 2.45) is 0 Å². The Hall–Kier alpha value is -2.02. The van der Waals surface area contributed by atoms with E-state index in [2.05, 4.69) is 15.1 Å². The number of methoxy groups -OCH3 is 1. The summed E-state index contributed by atoms with van der Waals surface area (Å²) in [4.78, 5) is 20.7. The van der Waals surface area contributed by atoms with Gasteiger partial charge in [0.2, 0.25) is 0 Å². The van der Waals surface area contributed by atoms with Gasteiger partial charge in [-0.05, 0) is 45.1 Å². The van der Waals surface area contributed by atoms with Crippen LogP contribution >= 0.6 is 0 Å². The summed E-state index contributed by atoms with van der Waals surface area (Å²) in [5.41, 5.74) is 2.87. The number of hydrogen-bond acceptors (Lipinski definition) is 6. The highest BCUT2D eigenvalue weighted by atomic mass is 16.6. The van der Waals surface area contributed by atoms with Gasteiger partial charge in [-0.2, -0.15) is 10.1 Å². The SMILES string of the molecule is CO[C@@H]1CCC[C@@H]1OC(=O)CCc1c(C)nc2ncnn2c1C. The van der Waals surface area contributed by atoms with Crippen LogP contribution in [0, 0.1) is 13.8 Å². The second-order valence-corrected chi connectivity index (χ2v) is 5.97. The predicted molar refractivity (Wildman–Crippen MR) is 83.1 cm³/mol. The summed E-state index contributed by atoms with van der Waals surface area (Å²) in [6.07, 6.45) is 5.22. The lowest BCUT2D eigenvalue weighted by molar-refractivity contribution is -0.154. The quantitative estimate of drug-likeness (QED) is 0.782. The fourth-order valence-corrected chi connectivity index (χ4v) is 3.27. The highest BCUT2D eigenvalue weighted by molar-refractivity contribution is 5.70. The minimum Gasteiger partial charge on any atom is -0.460 e. The molecule has 0 N–H and O–H groups in total. The molecular weight excluding hydrogens is 296 g/mol. The van der Waals surface area contributed by atoms with E-state index in [0.717, 1.165) is 36.2 Å². The van der Waals surface area contributed by atoms with Gasteiger partial charge in [-0.15, -0.1) is 0 Å². The molecule has 3 rings (SSSR count). The Morgan fingerprint density at radius 1 is 1.35 bits per heavy atom. The maximum atomic E-state index is 12.1. The Kier molecular flexibility index (Phi) is 4.56. The molecule has 0 amide bonds. The number of esters is 1. The summed E-state index contributed by atoms with van der Waals surface area (Å²) in [6, 6.07) is 0. The minimum atomic E-state index is -0.184. The van der Waals surface area contributed by atoms with Crippen LogP contribution in [0.2, 0.25) is 0 Å². The summed E-state index contributed by atoms with van der Waals surface area (Å²) >= 11 is 0. The van der Waals surface area contributed by atoms with Gasteiger partial charge in [-0.1, -0.05) is 0 Å². The van der Waals surface area contributed by atoms with Crippen LogP contribution in [-0.4, -0.2) is 44.9 Å². The number of ether oxygens (including phenoxy) is 2. The molecule has 0 aromatic carbocycles. The van der Waals surface area contributed by atoms with E-state index in [-0.39, 0.29) is 18.2 Å². The van der Waals surface area contributed by atoms with Crippen LogP contribution in [0.25, 0.3) is 5.78 Å². The number of carbonyl (C=O) groups excluding carboxylic acids is 1. The minimum absolute atomic E-state index is 0.0376. The Morgan fingerprint density at radius 3 is 2.91 bits per heavy atom. The average Bonchev–Trinajstić information content (AvgIpc) is 3.15. The van der Waals surface area contributed by atoms with Gasteiger partial charge in [0.1, 0.15) is 12.4 Å². The second-order valence-electron chi connectivity index (χ2n) is 5.97. The van der Waals surface area contributed by atoms with Gasteiger partial charge in [0.25, 0.3) is 5.78 Å². The fraction of sp³-hybridized carbons (Fsp3) is 0.625. The van der Waals surface area contributed by atoms with Gasteiger partial charge < -0.3 is 9.47 Å². The maximum absolute atomic E-state index is 12.1. The summed E-state index contributed by atoms with van der Waals surface area (Å²) in [7, 11) is 1.67. The fourth-order valence-electron chi connectivity index (χ4n) is 3.27. The molecule has 0 bridgehead atoms. The molecule has 124 valence electrons. The van der Waals surface area contributed by atoms with Crippen molar-refractivity contribution in [2.75, 3.05) is 7.11 Å². The molecule has 7 heteroatoms. The highest BCUT2D eigenvalue weighted by Gasteiger charge is 2.30. The molecule has 1 saturated carbocycles. The van der Waals surface area contributed by atoms with Crippen molar-refractivity contribution < 1.29 is 14.3 Å². The Balaban J connectivity index is 1.65. The lowest BCUT2D eigenvalue weighted by Gasteiger charge is -2.19. The predicted octanol–water partition coefficient (Wildman–Crippen LogP) is 1.78. The molecule has 2 aromatic rings. The Labute approximate surface area is 135 Å². The van der Waals surface area contributed by atoms with Crippen molar-refractivity contribution in [1.29, 1.82) is 0 Å². The van der Waals surface area contributed by atoms with E-state index in [9.17, 15) is 4.79 Å². The molecule has 2 aromatic heterocycles. The summed E-state index contributed by atoms with van der Waals surface area (Å²) < 4.78 is 12.6. The Morgan fingerprint density at radius 2 is 2.13 bits per heavy atom. The van der Waals surface area contributed by atoms with Crippen LogP contribution in [-0.2, 0) is 20.7 Å². The van der Waals surface area contributed by atoms with Gasteiger partial charge in [-0.3, -0.25) is 4.79 Å². The zero-order chi connectivity index (χ0) is 16.4. The lowest BCUT2D eigenvalue weighted by atomic mass is 10.1. The molecule has 2 heterocycles. The summed E-state index contributed by atoms with van der Waals surface area (Å²) in [5, 5.41) is 4.16. The van der Waals surface area contributed by atoms with Crippen molar-refractivity contribution >= 4 is 11.7 Å². The van der Waals surface area contributed by atoms with E-state index in [0.29, 0.717) is 18.6 Å². The van der Waals surface area contributed by atoms with E-state index < -0.39 is 0 Å².